The highest BCUT2D eigenvalue weighted by Gasteiger charge is 2.31. The number of aromatic nitrogens is 2. The summed E-state index contributed by atoms with van der Waals surface area (Å²) in [6, 6.07) is 11.0. The van der Waals surface area contributed by atoms with Crippen LogP contribution in [0.1, 0.15) is 18.4 Å². The van der Waals surface area contributed by atoms with Crippen molar-refractivity contribution in [2.45, 2.75) is 19.3 Å². The van der Waals surface area contributed by atoms with Crippen molar-refractivity contribution in [1.82, 2.24) is 14.9 Å². The lowest BCUT2D eigenvalue weighted by molar-refractivity contribution is -0.118. The average Bonchev–Trinajstić information content (AvgIpc) is 3.06. The number of fused-ring (bicyclic) bond motifs is 3. The summed E-state index contributed by atoms with van der Waals surface area (Å²) in [6.07, 6.45) is 3.10. The van der Waals surface area contributed by atoms with Crippen LogP contribution in [0.2, 0.25) is 5.02 Å². The van der Waals surface area contributed by atoms with E-state index >= 15 is 0 Å². The van der Waals surface area contributed by atoms with Gasteiger partial charge in [0.1, 0.15) is 0 Å². The maximum atomic E-state index is 13.6. The molecule has 10 nitrogen and oxygen atoms in total. The van der Waals surface area contributed by atoms with Crippen LogP contribution < -0.4 is 19.7 Å². The lowest BCUT2D eigenvalue weighted by Gasteiger charge is -2.34. The van der Waals surface area contributed by atoms with Gasteiger partial charge in [-0.25, -0.2) is 14.8 Å². The Kier molecular flexibility index (Phi) is 7.74. The second kappa shape index (κ2) is 11.4. The van der Waals surface area contributed by atoms with Crippen LogP contribution in [0.15, 0.2) is 42.6 Å². The zero-order valence-electron chi connectivity index (χ0n) is 22.1. The van der Waals surface area contributed by atoms with E-state index in [1.807, 2.05) is 23.1 Å². The van der Waals surface area contributed by atoms with E-state index in [2.05, 4.69) is 10.3 Å². The first-order valence-electron chi connectivity index (χ1n) is 12.7. The van der Waals surface area contributed by atoms with E-state index in [4.69, 9.17) is 30.8 Å². The summed E-state index contributed by atoms with van der Waals surface area (Å²) in [5, 5.41) is 3.76. The van der Waals surface area contributed by atoms with Crippen LogP contribution in [0, 0.1) is 5.92 Å². The smallest absolute Gasteiger partial charge is 0.409 e. The van der Waals surface area contributed by atoms with E-state index in [1.54, 1.807) is 43.5 Å². The molecule has 0 saturated carbocycles. The summed E-state index contributed by atoms with van der Waals surface area (Å²) in [7, 11) is 4.55. The molecule has 5 rings (SSSR count). The topological polar surface area (TPSA) is 106 Å². The van der Waals surface area contributed by atoms with Crippen LogP contribution in [-0.4, -0.2) is 67.8 Å². The van der Waals surface area contributed by atoms with Crippen LogP contribution in [-0.2, 0) is 16.0 Å². The maximum Gasteiger partial charge on any atom is 0.409 e. The number of methoxy groups -OCH3 is 3. The van der Waals surface area contributed by atoms with Crippen molar-refractivity contribution in [1.29, 1.82) is 0 Å². The Morgan fingerprint density at radius 3 is 2.56 bits per heavy atom. The van der Waals surface area contributed by atoms with E-state index in [-0.39, 0.29) is 24.3 Å². The van der Waals surface area contributed by atoms with Gasteiger partial charge in [0, 0.05) is 53.7 Å². The summed E-state index contributed by atoms with van der Waals surface area (Å²) in [6.45, 7) is 1.72. The average molecular weight is 552 g/mol. The molecule has 11 heteroatoms. The largest absolute Gasteiger partial charge is 0.493 e. The van der Waals surface area contributed by atoms with Crippen molar-refractivity contribution in [3.63, 3.8) is 0 Å². The van der Waals surface area contributed by atoms with Crippen LogP contribution in [0.5, 0.6) is 11.5 Å². The highest BCUT2D eigenvalue weighted by Crippen LogP contribution is 2.39. The first-order valence-corrected chi connectivity index (χ1v) is 13.1. The van der Waals surface area contributed by atoms with Crippen molar-refractivity contribution >= 4 is 40.9 Å². The number of hydrogen-bond donors (Lipinski definition) is 1. The van der Waals surface area contributed by atoms with Crippen LogP contribution in [0.3, 0.4) is 0 Å². The Labute approximate surface area is 231 Å². The van der Waals surface area contributed by atoms with Gasteiger partial charge in [-0.1, -0.05) is 11.6 Å². The first kappa shape index (κ1) is 26.6. The van der Waals surface area contributed by atoms with Crippen molar-refractivity contribution in [3.05, 3.63) is 53.2 Å². The number of halogens is 1. The molecule has 1 saturated heterocycles. The number of carbonyl (C=O) groups is 2. The second-order valence-corrected chi connectivity index (χ2v) is 9.94. The Balaban J connectivity index is 1.43. The fourth-order valence-corrected chi connectivity index (χ4v) is 5.25. The SMILES string of the molecule is COC(=O)N1CCC(CN2C(=O)Cc3cnc(Nc4ccc(OC)c(OC)c4)nc3-c3ccc(Cl)cc32)CC1. The van der Waals surface area contributed by atoms with Gasteiger partial charge >= 0.3 is 6.09 Å². The molecular formula is C28H30ClN5O5. The molecule has 0 aliphatic carbocycles. The molecule has 0 spiro atoms. The predicted octanol–water partition coefficient (Wildman–Crippen LogP) is 4.93. The highest BCUT2D eigenvalue weighted by molar-refractivity contribution is 6.31. The molecule has 2 amide bonds. The fourth-order valence-electron chi connectivity index (χ4n) is 5.08. The van der Waals surface area contributed by atoms with Crippen LogP contribution in [0.25, 0.3) is 11.3 Å². The molecule has 0 bridgehead atoms. The van der Waals surface area contributed by atoms with Gasteiger partial charge in [0.15, 0.2) is 11.5 Å². The zero-order valence-corrected chi connectivity index (χ0v) is 22.8. The third-order valence-electron chi connectivity index (χ3n) is 7.14. The molecule has 1 fully saturated rings. The Bertz CT molecular complexity index is 1390. The summed E-state index contributed by atoms with van der Waals surface area (Å²) >= 11 is 6.41. The maximum absolute atomic E-state index is 13.6. The molecular weight excluding hydrogens is 522 g/mol. The van der Waals surface area contributed by atoms with Gasteiger partial charge in [-0.15, -0.1) is 0 Å². The van der Waals surface area contributed by atoms with Gasteiger partial charge in [0.25, 0.3) is 0 Å². The minimum absolute atomic E-state index is 0.0446. The van der Waals surface area contributed by atoms with Gasteiger partial charge in [0.2, 0.25) is 11.9 Å². The molecule has 0 radical (unpaired) electrons. The fraction of sp³-hybridized carbons (Fsp3) is 0.357. The van der Waals surface area contributed by atoms with Gasteiger partial charge in [0.05, 0.1) is 39.1 Å². The molecule has 3 heterocycles. The van der Waals surface area contributed by atoms with E-state index < -0.39 is 0 Å². The van der Waals surface area contributed by atoms with E-state index in [1.165, 1.54) is 7.11 Å². The third-order valence-corrected chi connectivity index (χ3v) is 7.38. The number of rotatable bonds is 6. The number of piperidine rings is 1. The highest BCUT2D eigenvalue weighted by atomic mass is 35.5. The van der Waals surface area contributed by atoms with E-state index in [0.717, 1.165) is 35.3 Å². The monoisotopic (exact) mass is 551 g/mol. The van der Waals surface area contributed by atoms with Gasteiger partial charge < -0.3 is 29.3 Å². The number of nitrogens with zero attached hydrogens (tertiary/aromatic N) is 4. The number of likely N-dealkylation sites (tertiary alicyclic amines) is 1. The molecule has 2 aromatic carbocycles. The quantitative estimate of drug-likeness (QED) is 0.460. The number of hydrogen-bond acceptors (Lipinski definition) is 8. The number of ether oxygens (including phenoxy) is 3. The van der Waals surface area contributed by atoms with E-state index in [9.17, 15) is 9.59 Å². The second-order valence-electron chi connectivity index (χ2n) is 9.51. The number of anilines is 3. The van der Waals surface area contributed by atoms with Crippen LogP contribution >= 0.6 is 11.6 Å². The molecule has 3 aromatic rings. The van der Waals surface area contributed by atoms with E-state index in [0.29, 0.717) is 47.8 Å². The normalized spacial score (nSPS) is 15.2. The molecule has 0 unspecified atom stereocenters. The molecule has 1 N–H and O–H groups in total. The Morgan fingerprint density at radius 1 is 1.08 bits per heavy atom. The molecule has 1 aromatic heterocycles. The molecule has 0 atom stereocenters. The summed E-state index contributed by atoms with van der Waals surface area (Å²) in [5.41, 5.74) is 3.68. The standard InChI is InChI=1S/C28H30ClN5O5/c1-37-23-7-5-20(14-24(23)38-2)31-27-30-15-18-12-25(35)34(16-17-8-10-33(11-9-17)28(36)39-3)22-13-19(29)4-6-21(22)26(18)32-27/h4-7,13-15,17H,8-12,16H2,1-3H3,(H,30,31,32). The predicted molar refractivity (Wildman–Crippen MR) is 148 cm³/mol. The number of carbonyl (C=O) groups excluding carboxylic acids is 2. The Hall–Kier alpha value is -4.05. The zero-order chi connectivity index (χ0) is 27.5. The molecule has 2 aliphatic rings. The first-order chi connectivity index (χ1) is 18.9. The van der Waals surface area contributed by atoms with Gasteiger partial charge in [-0.05, 0) is 49.1 Å². The molecule has 204 valence electrons. The van der Waals surface area contributed by atoms with Gasteiger partial charge in [-0.2, -0.15) is 0 Å². The minimum atomic E-state index is -0.317. The lowest BCUT2D eigenvalue weighted by Crippen LogP contribution is -2.43. The minimum Gasteiger partial charge on any atom is -0.493 e. The number of nitrogens with one attached hydrogen (secondary N) is 1. The molecule has 39 heavy (non-hydrogen) atoms. The molecule has 2 aliphatic heterocycles. The Morgan fingerprint density at radius 2 is 1.85 bits per heavy atom. The lowest BCUT2D eigenvalue weighted by atomic mass is 9.96. The van der Waals surface area contributed by atoms with Crippen molar-refractivity contribution in [2.24, 2.45) is 5.92 Å². The summed E-state index contributed by atoms with van der Waals surface area (Å²) in [5.74, 6) is 1.77. The number of benzene rings is 2. The van der Waals surface area contributed by atoms with Crippen molar-refractivity contribution in [3.8, 4) is 22.8 Å². The van der Waals surface area contributed by atoms with Crippen molar-refractivity contribution in [2.75, 3.05) is 51.2 Å². The third kappa shape index (κ3) is 5.56. The summed E-state index contributed by atoms with van der Waals surface area (Å²) in [4.78, 5) is 38.2. The summed E-state index contributed by atoms with van der Waals surface area (Å²) < 4.78 is 15.6. The van der Waals surface area contributed by atoms with Crippen LogP contribution in [0.4, 0.5) is 22.1 Å². The number of amides is 2. The van der Waals surface area contributed by atoms with Gasteiger partial charge in [-0.3, -0.25) is 4.79 Å². The van der Waals surface area contributed by atoms with Crippen molar-refractivity contribution < 1.29 is 23.8 Å².